The molecule has 0 bridgehead atoms. The molecule has 0 spiro atoms. The van der Waals surface area contributed by atoms with Gasteiger partial charge in [0.25, 0.3) is 0 Å². The molecule has 0 aliphatic carbocycles. The summed E-state index contributed by atoms with van der Waals surface area (Å²) in [7, 11) is 0. The summed E-state index contributed by atoms with van der Waals surface area (Å²) in [5, 5.41) is -0.0950. The van der Waals surface area contributed by atoms with Crippen molar-refractivity contribution in [3.05, 3.63) is 0 Å². The van der Waals surface area contributed by atoms with Crippen LogP contribution in [0.25, 0.3) is 0 Å². The van der Waals surface area contributed by atoms with Crippen molar-refractivity contribution in [3.63, 3.8) is 0 Å². The van der Waals surface area contributed by atoms with Crippen LogP contribution in [0.15, 0.2) is 0 Å². The van der Waals surface area contributed by atoms with Crippen LogP contribution >= 0.6 is 11.8 Å². The monoisotopic (exact) mass is 302 g/mol. The van der Waals surface area contributed by atoms with Crippen molar-refractivity contribution < 1.29 is 23.9 Å². The van der Waals surface area contributed by atoms with Gasteiger partial charge in [0.15, 0.2) is 0 Å². The van der Waals surface area contributed by atoms with Gasteiger partial charge in [0, 0.05) is 19.2 Å². The minimum atomic E-state index is -1.00. The van der Waals surface area contributed by atoms with Gasteiger partial charge in [-0.15, -0.1) is 11.8 Å². The van der Waals surface area contributed by atoms with E-state index in [4.69, 9.17) is 15.2 Å². The Balaban J connectivity index is 2.13. The number of carbonyl (C=O) groups is 3. The number of nitrogens with zero attached hydrogens (tertiary/aromatic N) is 1. The molecule has 2 unspecified atom stereocenters. The highest BCUT2D eigenvalue weighted by molar-refractivity contribution is 8.00. The summed E-state index contributed by atoms with van der Waals surface area (Å²) in [5.41, 5.74) is 4.71. The van der Waals surface area contributed by atoms with Gasteiger partial charge in [0.05, 0.1) is 6.61 Å². The number of nitrogens with two attached hydrogens (primary N) is 1. The second-order valence-corrected chi connectivity index (χ2v) is 6.08. The van der Waals surface area contributed by atoms with Crippen molar-refractivity contribution in [2.24, 2.45) is 11.1 Å². The standard InChI is InChI=1S/C12H18N2O5S/c1-3-18-11(17)12(5-19-7(2)15)4-14-9(16)8(13)10(14)20-6-12/h8,10H,3-6,13H2,1-2H3/t8?,10-,12?/m1/s1. The SMILES string of the molecule is CCOC(=O)C1(COC(C)=O)CS[C@@H]2C(N)C(=O)N2C1. The Bertz CT molecular complexity index is 444. The summed E-state index contributed by atoms with van der Waals surface area (Å²) >= 11 is 1.43. The topological polar surface area (TPSA) is 98.9 Å². The first-order valence-electron chi connectivity index (χ1n) is 6.39. The third-order valence-electron chi connectivity index (χ3n) is 3.45. The number of hydrogen-bond donors (Lipinski definition) is 1. The Morgan fingerprint density at radius 1 is 1.50 bits per heavy atom. The number of carbonyl (C=O) groups excluding carboxylic acids is 3. The first kappa shape index (κ1) is 15.1. The number of ether oxygens (including phenoxy) is 2. The molecular weight excluding hydrogens is 284 g/mol. The van der Waals surface area contributed by atoms with Crippen molar-refractivity contribution in [3.8, 4) is 0 Å². The zero-order chi connectivity index (χ0) is 14.9. The van der Waals surface area contributed by atoms with E-state index in [1.54, 1.807) is 11.8 Å². The lowest BCUT2D eigenvalue weighted by atomic mass is 9.88. The van der Waals surface area contributed by atoms with Gasteiger partial charge in [-0.1, -0.05) is 0 Å². The van der Waals surface area contributed by atoms with E-state index < -0.39 is 23.4 Å². The Hall–Kier alpha value is -1.28. The minimum absolute atomic E-state index is 0.0834. The molecule has 0 aromatic rings. The van der Waals surface area contributed by atoms with Gasteiger partial charge in [0.1, 0.15) is 23.4 Å². The normalized spacial score (nSPS) is 32.1. The molecule has 2 N–H and O–H groups in total. The number of esters is 2. The summed E-state index contributed by atoms with van der Waals surface area (Å²) in [6, 6.07) is -0.506. The van der Waals surface area contributed by atoms with Crippen molar-refractivity contribution >= 4 is 29.6 Å². The third kappa shape index (κ3) is 2.49. The van der Waals surface area contributed by atoms with Crippen LogP contribution in [0.4, 0.5) is 0 Å². The van der Waals surface area contributed by atoms with E-state index in [1.807, 2.05) is 0 Å². The molecule has 3 atom stereocenters. The maximum atomic E-state index is 12.2. The Labute approximate surface area is 121 Å². The second-order valence-electron chi connectivity index (χ2n) is 4.97. The molecule has 0 aromatic carbocycles. The molecular formula is C12H18N2O5S. The number of hydrogen-bond acceptors (Lipinski definition) is 7. The number of rotatable bonds is 4. The number of fused-ring (bicyclic) bond motifs is 1. The summed E-state index contributed by atoms with van der Waals surface area (Å²) in [5.74, 6) is -0.673. The van der Waals surface area contributed by atoms with Gasteiger partial charge in [-0.25, -0.2) is 0 Å². The number of thioether (sulfide) groups is 1. The second kappa shape index (κ2) is 5.61. The highest BCUT2D eigenvalue weighted by atomic mass is 32.2. The molecule has 0 radical (unpaired) electrons. The Kier molecular flexibility index (Phi) is 4.24. The van der Waals surface area contributed by atoms with Crippen molar-refractivity contribution in [2.45, 2.75) is 25.3 Å². The molecule has 2 fully saturated rings. The van der Waals surface area contributed by atoms with Gasteiger partial charge < -0.3 is 20.1 Å². The van der Waals surface area contributed by atoms with Crippen molar-refractivity contribution in [1.82, 2.24) is 4.90 Å². The lowest BCUT2D eigenvalue weighted by Gasteiger charge is -2.52. The predicted octanol–water partition coefficient (Wildman–Crippen LogP) is -0.659. The van der Waals surface area contributed by atoms with Gasteiger partial charge in [-0.05, 0) is 6.92 Å². The number of β-lactam (4-membered cyclic amide) rings is 1. The van der Waals surface area contributed by atoms with E-state index in [9.17, 15) is 14.4 Å². The lowest BCUT2D eigenvalue weighted by Crippen LogP contribution is -2.72. The van der Waals surface area contributed by atoms with E-state index in [0.29, 0.717) is 5.75 Å². The molecule has 2 rings (SSSR count). The molecule has 2 saturated heterocycles. The molecule has 2 heterocycles. The summed E-state index contributed by atoms with van der Waals surface area (Å²) < 4.78 is 10.1. The van der Waals surface area contributed by atoms with Gasteiger partial charge in [-0.3, -0.25) is 14.4 Å². The zero-order valence-electron chi connectivity index (χ0n) is 11.5. The van der Waals surface area contributed by atoms with Gasteiger partial charge >= 0.3 is 11.9 Å². The lowest BCUT2D eigenvalue weighted by molar-refractivity contribution is -0.167. The molecule has 8 heteroatoms. The van der Waals surface area contributed by atoms with Crippen molar-refractivity contribution in [1.29, 1.82) is 0 Å². The summed E-state index contributed by atoms with van der Waals surface area (Å²) in [6.45, 7) is 3.33. The molecule has 112 valence electrons. The fraction of sp³-hybridized carbons (Fsp3) is 0.750. The van der Waals surface area contributed by atoms with E-state index in [0.717, 1.165) is 0 Å². The molecule has 1 amide bonds. The first-order valence-corrected chi connectivity index (χ1v) is 7.44. The zero-order valence-corrected chi connectivity index (χ0v) is 12.3. The molecule has 2 aliphatic heterocycles. The summed E-state index contributed by atoms with van der Waals surface area (Å²) in [4.78, 5) is 36.5. The first-order chi connectivity index (χ1) is 9.41. The van der Waals surface area contributed by atoms with E-state index >= 15 is 0 Å². The maximum Gasteiger partial charge on any atom is 0.318 e. The quantitative estimate of drug-likeness (QED) is 0.543. The highest BCUT2D eigenvalue weighted by Crippen LogP contribution is 2.42. The average molecular weight is 302 g/mol. The highest BCUT2D eigenvalue weighted by Gasteiger charge is 2.56. The molecule has 2 aliphatic rings. The molecule has 20 heavy (non-hydrogen) atoms. The smallest absolute Gasteiger partial charge is 0.318 e. The Morgan fingerprint density at radius 3 is 2.80 bits per heavy atom. The third-order valence-corrected chi connectivity index (χ3v) is 5.05. The maximum absolute atomic E-state index is 12.2. The van der Waals surface area contributed by atoms with Crippen LogP contribution in [-0.4, -0.2) is 59.7 Å². The van der Waals surface area contributed by atoms with E-state index in [2.05, 4.69) is 0 Å². The average Bonchev–Trinajstić information content (AvgIpc) is 2.44. The van der Waals surface area contributed by atoms with Crippen LogP contribution < -0.4 is 5.73 Å². The molecule has 0 saturated carbocycles. The largest absolute Gasteiger partial charge is 0.465 e. The van der Waals surface area contributed by atoms with Crippen LogP contribution in [0.1, 0.15) is 13.8 Å². The van der Waals surface area contributed by atoms with E-state index in [-0.39, 0.29) is 31.0 Å². The van der Waals surface area contributed by atoms with Crippen LogP contribution in [-0.2, 0) is 23.9 Å². The molecule has 0 aromatic heterocycles. The van der Waals surface area contributed by atoms with Crippen molar-refractivity contribution in [2.75, 3.05) is 25.5 Å². The van der Waals surface area contributed by atoms with Gasteiger partial charge in [0.2, 0.25) is 5.91 Å². The van der Waals surface area contributed by atoms with Crippen LogP contribution in [0.3, 0.4) is 0 Å². The summed E-state index contributed by atoms with van der Waals surface area (Å²) in [6.07, 6.45) is 0. The molecule has 7 nitrogen and oxygen atoms in total. The minimum Gasteiger partial charge on any atom is -0.465 e. The van der Waals surface area contributed by atoms with Crippen LogP contribution in [0, 0.1) is 5.41 Å². The van der Waals surface area contributed by atoms with Crippen LogP contribution in [0.5, 0.6) is 0 Å². The fourth-order valence-electron chi connectivity index (χ4n) is 2.32. The van der Waals surface area contributed by atoms with Gasteiger partial charge in [-0.2, -0.15) is 0 Å². The predicted molar refractivity (Wildman–Crippen MR) is 71.6 cm³/mol. The Morgan fingerprint density at radius 2 is 2.20 bits per heavy atom. The number of amides is 1. The van der Waals surface area contributed by atoms with Crippen LogP contribution in [0.2, 0.25) is 0 Å². The fourth-order valence-corrected chi connectivity index (χ4v) is 3.79. The van der Waals surface area contributed by atoms with E-state index in [1.165, 1.54) is 18.7 Å².